The zero-order chi connectivity index (χ0) is 58.5. The van der Waals surface area contributed by atoms with Gasteiger partial charge < -0.3 is 43.5 Å². The van der Waals surface area contributed by atoms with Gasteiger partial charge in [0.25, 0.3) is 11.7 Å². The Kier molecular flexibility index (Phi) is 23.0. The van der Waals surface area contributed by atoms with Gasteiger partial charge >= 0.3 is 59.6 Å². The van der Waals surface area contributed by atoms with Crippen LogP contribution in [0.5, 0.6) is 0 Å². The lowest BCUT2D eigenvalue weighted by molar-refractivity contribution is -0.461. The molecule has 0 radical (unpaired) electrons. The summed E-state index contributed by atoms with van der Waals surface area (Å²) in [5.74, 6) is -64.8. The number of esters is 2. The average molecular weight is 1140 g/mol. The number of nitrogens with zero attached hydrogens (tertiary/aromatic N) is 1. The lowest BCUT2D eigenvalue weighted by Crippen LogP contribution is -2.74. The molecule has 2 aromatic heterocycles. The molecule has 2 aliphatic rings. The third kappa shape index (κ3) is 13.1. The molecule has 17 nitrogen and oxygen atoms in total. The van der Waals surface area contributed by atoms with E-state index in [2.05, 4.69) is 15.4 Å². The fourth-order valence-corrected chi connectivity index (χ4v) is 6.38. The lowest BCUT2D eigenvalue weighted by Gasteiger charge is -2.42. The Morgan fingerprint density at radius 3 is 1.63 bits per heavy atom. The molecule has 0 aromatic carbocycles. The van der Waals surface area contributed by atoms with Gasteiger partial charge in [0.15, 0.2) is 0 Å². The Bertz CT molecular complexity index is 2310. The molecule has 76 heavy (non-hydrogen) atoms. The number of ether oxygens (including phenoxy) is 7. The van der Waals surface area contributed by atoms with Crippen molar-refractivity contribution in [2.75, 3.05) is 80.2 Å². The lowest BCUT2D eigenvalue weighted by atomic mass is 9.85. The molecule has 3 heterocycles. The molecule has 4 rings (SSSR count). The molecule has 2 amide bonds. The van der Waals surface area contributed by atoms with Gasteiger partial charge in [0.2, 0.25) is 11.7 Å². The number of Topliss-reactive ketones (excluding diaryl/α,β-unsaturated/α-hetero) is 1. The Morgan fingerprint density at radius 2 is 1.13 bits per heavy atom. The van der Waals surface area contributed by atoms with Gasteiger partial charge in [-0.05, 0) is 18.6 Å². The smallest absolute Gasteiger partial charge is 0.460 e. The monoisotopic (exact) mass is 1140 g/mol. The highest BCUT2D eigenvalue weighted by Gasteiger charge is 2.95. The van der Waals surface area contributed by atoms with E-state index < -0.39 is 114 Å². The molecular weight excluding hydrogens is 1090 g/mol. The second-order valence-corrected chi connectivity index (χ2v) is 14.8. The second-order valence-electron chi connectivity index (χ2n) is 14.8. The molecule has 0 saturated carbocycles. The number of hydrogen-bond donors (Lipinski definition) is 3. The van der Waals surface area contributed by atoms with Crippen molar-refractivity contribution in [3.8, 4) is 11.3 Å². The van der Waals surface area contributed by atoms with Crippen molar-refractivity contribution in [2.45, 2.75) is 100 Å². The number of amides is 2. The van der Waals surface area contributed by atoms with E-state index in [4.69, 9.17) is 38.0 Å². The normalized spacial score (nSPS) is 14.9. The van der Waals surface area contributed by atoms with Crippen LogP contribution in [0.1, 0.15) is 94.3 Å². The number of rotatable bonds is 26. The maximum atomic E-state index is 14.1. The van der Waals surface area contributed by atoms with Gasteiger partial charge in [-0.3, -0.25) is 19.2 Å². The first-order valence-electron chi connectivity index (χ1n) is 22.1. The van der Waals surface area contributed by atoms with Crippen LogP contribution in [0.2, 0.25) is 0 Å². The summed E-state index contributed by atoms with van der Waals surface area (Å²) in [4.78, 5) is 75.9. The number of ketones is 1. The van der Waals surface area contributed by atoms with Crippen molar-refractivity contribution < 1.29 is 137 Å². The Hall–Kier alpha value is -5.45. The molecule has 1 spiro atoms. The summed E-state index contributed by atoms with van der Waals surface area (Å²) in [5, 5.41) is 1.77. The van der Waals surface area contributed by atoms with Crippen LogP contribution in [0, 0.1) is 0 Å². The Balaban J connectivity index is 0.00000482. The minimum absolute atomic E-state index is 0.0341. The number of alkyl halides is 17. The zero-order valence-corrected chi connectivity index (χ0v) is 40.5. The molecule has 0 bridgehead atoms. The summed E-state index contributed by atoms with van der Waals surface area (Å²) in [6.45, 7) is 6.52. The molecule has 434 valence electrons. The van der Waals surface area contributed by atoms with Crippen LogP contribution in [-0.4, -0.2) is 167 Å². The molecule has 3 N–H and O–H groups in total. The molecule has 0 atom stereocenters. The first kappa shape index (κ1) is 66.7. The second kappa shape index (κ2) is 26.3. The summed E-state index contributed by atoms with van der Waals surface area (Å²) in [5.41, 5.74) is 0.665. The molecule has 1 fully saturated rings. The number of aromatic nitrogens is 2. The number of hydrogen-bond acceptors (Lipinski definition) is 14. The van der Waals surface area contributed by atoms with Gasteiger partial charge in [-0.15, -0.1) is 0 Å². The SMILES string of the molecule is CC.CC.COC(=O)c1cc2c([nH]1)-c1c(C(=O)OC)cc(C(=O)NOCCOCCOCCOCCCNC(=O)CCC(F)(F)C(F)(F)C(F)(F)C(F)(F)C(F)(F)C(F)(F)C(F)(F)C(F)(F)F)nc1C(=O)C21OCCO1. The van der Waals surface area contributed by atoms with Crippen molar-refractivity contribution in [2.24, 2.45) is 0 Å². The van der Waals surface area contributed by atoms with E-state index in [-0.39, 0.29) is 94.0 Å². The van der Waals surface area contributed by atoms with Crippen molar-refractivity contribution in [1.82, 2.24) is 20.8 Å². The van der Waals surface area contributed by atoms with Gasteiger partial charge in [-0.2, -0.15) is 74.6 Å². The first-order chi connectivity index (χ1) is 35.2. The number of methoxy groups -OCH3 is 2. The number of pyridine rings is 1. The summed E-state index contributed by atoms with van der Waals surface area (Å²) < 4.78 is 265. The summed E-state index contributed by atoms with van der Waals surface area (Å²) in [6.07, 6.45) is -12.9. The molecule has 1 aliphatic carbocycles. The summed E-state index contributed by atoms with van der Waals surface area (Å²) in [7, 11) is 2.15. The standard InChI is InChI=1S/C38H37F17N4O13.2C2H6/c1-65-28(63)18-16-20(57-25-23(18)24-19(17-21(58-24)29(64)66-2)31(26(25)61)70-13-14-71-31)27(62)59-72-15-12-69-11-10-68-9-8-67-7-3-6-56-22(60)4-5-30(39,40)32(41,42)33(43,44)34(45,46)35(47,48)36(49,50)37(51,52)38(53,54)55;2*1-2/h16-17,58H,3-15H2,1-2H3,(H,56,60)(H,59,62);2*1-2H3. The molecule has 0 unspecified atom stereocenters. The zero-order valence-electron chi connectivity index (χ0n) is 40.5. The Morgan fingerprint density at radius 1 is 0.658 bits per heavy atom. The summed E-state index contributed by atoms with van der Waals surface area (Å²) in [6, 6.07) is 2.27. The van der Waals surface area contributed by atoms with Crippen LogP contribution in [-0.2, 0) is 48.6 Å². The number of carbonyl (C=O) groups excluding carboxylic acids is 5. The maximum absolute atomic E-state index is 14.1. The number of aromatic amines is 1. The molecular formula is C42H49F17N4O13. The number of carbonyl (C=O) groups is 5. The highest BCUT2D eigenvalue weighted by atomic mass is 19.4. The van der Waals surface area contributed by atoms with Crippen LogP contribution in [0.25, 0.3) is 11.3 Å². The van der Waals surface area contributed by atoms with E-state index in [9.17, 15) is 98.6 Å². The highest BCUT2D eigenvalue weighted by Crippen LogP contribution is 2.64. The molecule has 2 aromatic rings. The van der Waals surface area contributed by atoms with Gasteiger partial charge in [0.1, 0.15) is 17.1 Å². The summed E-state index contributed by atoms with van der Waals surface area (Å²) >= 11 is 0. The highest BCUT2D eigenvalue weighted by molar-refractivity contribution is 6.15. The first-order valence-corrected chi connectivity index (χ1v) is 22.1. The molecule has 1 saturated heterocycles. The van der Waals surface area contributed by atoms with Crippen molar-refractivity contribution >= 4 is 29.5 Å². The van der Waals surface area contributed by atoms with Crippen molar-refractivity contribution in [1.29, 1.82) is 0 Å². The maximum Gasteiger partial charge on any atom is 0.460 e. The van der Waals surface area contributed by atoms with E-state index in [0.29, 0.717) is 0 Å². The topological polar surface area (TPSA) is 212 Å². The van der Waals surface area contributed by atoms with E-state index in [0.717, 1.165) is 20.3 Å². The number of halogens is 17. The van der Waals surface area contributed by atoms with E-state index in [1.165, 1.54) is 6.07 Å². The van der Waals surface area contributed by atoms with Crippen LogP contribution >= 0.6 is 0 Å². The minimum Gasteiger partial charge on any atom is -0.465 e. The number of fused-ring (bicyclic) bond motifs is 4. The fraction of sp³-hybridized carbons (Fsp3) is 0.667. The van der Waals surface area contributed by atoms with Gasteiger partial charge in [0.05, 0.1) is 78.3 Å². The van der Waals surface area contributed by atoms with Crippen LogP contribution in [0.15, 0.2) is 12.1 Å². The quantitative estimate of drug-likeness (QED) is 0.0352. The van der Waals surface area contributed by atoms with Crippen LogP contribution in [0.4, 0.5) is 74.6 Å². The predicted molar refractivity (Wildman–Crippen MR) is 221 cm³/mol. The third-order valence-corrected chi connectivity index (χ3v) is 10.2. The molecule has 34 heteroatoms. The van der Waals surface area contributed by atoms with E-state index in [1.807, 2.05) is 27.7 Å². The third-order valence-electron chi connectivity index (χ3n) is 10.2. The predicted octanol–water partition coefficient (Wildman–Crippen LogP) is 8.11. The fourth-order valence-electron chi connectivity index (χ4n) is 6.38. The Labute approximate surface area is 419 Å². The number of hydroxylamine groups is 1. The number of H-pyrrole nitrogens is 1. The minimum atomic E-state index is -8.74. The average Bonchev–Trinajstić information content (AvgIpc) is 4.05. The van der Waals surface area contributed by atoms with Gasteiger partial charge in [-0.25, -0.2) is 20.1 Å². The number of nitrogens with one attached hydrogen (secondary N) is 3. The van der Waals surface area contributed by atoms with E-state index in [1.54, 1.807) is 5.32 Å². The van der Waals surface area contributed by atoms with Crippen LogP contribution in [0.3, 0.4) is 0 Å². The molecule has 1 aliphatic heterocycles. The van der Waals surface area contributed by atoms with Crippen molar-refractivity contribution in [3.05, 3.63) is 40.3 Å². The van der Waals surface area contributed by atoms with E-state index >= 15 is 0 Å². The van der Waals surface area contributed by atoms with Crippen LogP contribution < -0.4 is 10.8 Å². The van der Waals surface area contributed by atoms with Gasteiger partial charge in [-0.1, -0.05) is 27.7 Å². The largest absolute Gasteiger partial charge is 0.465 e. The van der Waals surface area contributed by atoms with Crippen molar-refractivity contribution in [3.63, 3.8) is 0 Å². The van der Waals surface area contributed by atoms with Gasteiger partial charge in [0, 0.05) is 37.1 Å².